The molecule has 22 heavy (non-hydrogen) atoms. The minimum Gasteiger partial charge on any atom is -0.494 e. The van der Waals surface area contributed by atoms with Crippen LogP contribution in [0.3, 0.4) is 0 Å². The molecular weight excluding hydrogens is 278 g/mol. The molecule has 0 saturated carbocycles. The van der Waals surface area contributed by atoms with Gasteiger partial charge in [0, 0.05) is 19.2 Å². The molecule has 1 aromatic carbocycles. The number of amides is 1. The third-order valence-corrected chi connectivity index (χ3v) is 3.60. The summed E-state index contributed by atoms with van der Waals surface area (Å²) >= 11 is 0. The first kappa shape index (κ1) is 16.6. The van der Waals surface area contributed by atoms with Gasteiger partial charge in [-0.15, -0.1) is 0 Å². The molecule has 1 aromatic rings. The van der Waals surface area contributed by atoms with Crippen LogP contribution in [0.1, 0.15) is 38.2 Å². The predicted molar refractivity (Wildman–Crippen MR) is 87.9 cm³/mol. The van der Waals surface area contributed by atoms with E-state index in [1.54, 1.807) is 12.2 Å². The summed E-state index contributed by atoms with van der Waals surface area (Å²) in [5.41, 5.74) is 0.982. The number of hydrogen-bond acceptors (Lipinski definition) is 3. The van der Waals surface area contributed by atoms with E-state index in [4.69, 9.17) is 9.47 Å². The van der Waals surface area contributed by atoms with Crippen LogP contribution in [0.5, 0.6) is 5.75 Å². The second-order valence-electron chi connectivity index (χ2n) is 5.48. The molecule has 0 bridgehead atoms. The van der Waals surface area contributed by atoms with Crippen LogP contribution in [0, 0.1) is 0 Å². The van der Waals surface area contributed by atoms with Gasteiger partial charge in [0.1, 0.15) is 5.75 Å². The lowest BCUT2D eigenvalue weighted by molar-refractivity contribution is -0.116. The molecule has 120 valence electrons. The fourth-order valence-corrected chi connectivity index (χ4v) is 2.26. The molecule has 0 unspecified atom stereocenters. The third-order valence-electron chi connectivity index (χ3n) is 3.60. The number of carbonyl (C=O) groups excluding carboxylic acids is 1. The number of benzene rings is 1. The Labute approximate surface area is 132 Å². The van der Waals surface area contributed by atoms with Crippen molar-refractivity contribution in [3.05, 3.63) is 35.9 Å². The van der Waals surface area contributed by atoms with Crippen molar-refractivity contribution in [1.82, 2.24) is 5.32 Å². The minimum absolute atomic E-state index is 0.0845. The lowest BCUT2D eigenvalue weighted by Crippen LogP contribution is -2.30. The normalized spacial score (nSPS) is 17.8. The van der Waals surface area contributed by atoms with E-state index >= 15 is 0 Å². The molecule has 1 saturated heterocycles. The molecule has 1 heterocycles. The van der Waals surface area contributed by atoms with E-state index in [2.05, 4.69) is 12.2 Å². The van der Waals surface area contributed by atoms with Crippen LogP contribution in [0.15, 0.2) is 30.3 Å². The average molecular weight is 303 g/mol. The molecule has 1 fully saturated rings. The summed E-state index contributed by atoms with van der Waals surface area (Å²) in [4.78, 5) is 11.7. The monoisotopic (exact) mass is 303 g/mol. The molecular formula is C18H25NO3. The van der Waals surface area contributed by atoms with E-state index in [1.807, 2.05) is 24.3 Å². The first-order valence-corrected chi connectivity index (χ1v) is 8.08. The topological polar surface area (TPSA) is 47.6 Å². The van der Waals surface area contributed by atoms with Gasteiger partial charge in [-0.05, 0) is 43.0 Å². The molecule has 4 heteroatoms. The average Bonchev–Trinajstić information content (AvgIpc) is 3.06. The van der Waals surface area contributed by atoms with Crippen LogP contribution >= 0.6 is 0 Å². The number of hydrogen-bond donors (Lipinski definition) is 1. The van der Waals surface area contributed by atoms with E-state index in [1.165, 1.54) is 0 Å². The summed E-state index contributed by atoms with van der Waals surface area (Å²) in [7, 11) is 0. The van der Waals surface area contributed by atoms with Gasteiger partial charge in [-0.3, -0.25) is 4.79 Å². The summed E-state index contributed by atoms with van der Waals surface area (Å²) < 4.78 is 11.1. The van der Waals surface area contributed by atoms with E-state index in [0.717, 1.165) is 50.2 Å². The summed E-state index contributed by atoms with van der Waals surface area (Å²) in [6, 6.07) is 7.76. The largest absolute Gasteiger partial charge is 0.494 e. The Morgan fingerprint density at radius 1 is 1.41 bits per heavy atom. The van der Waals surface area contributed by atoms with Gasteiger partial charge in [-0.25, -0.2) is 0 Å². The lowest BCUT2D eigenvalue weighted by Gasteiger charge is -2.08. The van der Waals surface area contributed by atoms with E-state index in [0.29, 0.717) is 6.54 Å². The highest BCUT2D eigenvalue weighted by Crippen LogP contribution is 2.14. The standard InChI is InChI=1S/C18H25NO3/c1-2-3-12-21-16-9-6-15(7-10-16)8-11-18(20)19-14-17-5-4-13-22-17/h6-11,17H,2-5,12-14H2,1H3,(H,19,20)/b11-8+/t17-/m1/s1. The highest BCUT2D eigenvalue weighted by molar-refractivity contribution is 5.91. The number of ether oxygens (including phenoxy) is 2. The van der Waals surface area contributed by atoms with Crippen molar-refractivity contribution in [2.24, 2.45) is 0 Å². The van der Waals surface area contributed by atoms with Crippen LogP contribution in [0.25, 0.3) is 6.08 Å². The zero-order valence-electron chi connectivity index (χ0n) is 13.2. The van der Waals surface area contributed by atoms with Crippen molar-refractivity contribution >= 4 is 12.0 Å². The first-order valence-electron chi connectivity index (χ1n) is 8.08. The van der Waals surface area contributed by atoms with Gasteiger partial charge in [0.15, 0.2) is 0 Å². The number of unbranched alkanes of at least 4 members (excludes halogenated alkanes) is 1. The molecule has 0 spiro atoms. The van der Waals surface area contributed by atoms with Crippen LogP contribution < -0.4 is 10.1 Å². The minimum atomic E-state index is -0.0845. The molecule has 1 N–H and O–H groups in total. The highest BCUT2D eigenvalue weighted by Gasteiger charge is 2.15. The molecule has 0 aliphatic carbocycles. The maximum absolute atomic E-state index is 11.7. The van der Waals surface area contributed by atoms with Gasteiger partial charge in [0.25, 0.3) is 0 Å². The second-order valence-corrected chi connectivity index (χ2v) is 5.48. The number of rotatable bonds is 8. The Bertz CT molecular complexity index is 476. The summed E-state index contributed by atoms with van der Waals surface area (Å²) in [6.07, 6.45) is 7.85. The van der Waals surface area contributed by atoms with Gasteiger partial charge in [0.2, 0.25) is 5.91 Å². The van der Waals surface area contributed by atoms with Crippen molar-refractivity contribution in [1.29, 1.82) is 0 Å². The van der Waals surface area contributed by atoms with Gasteiger partial charge in [-0.2, -0.15) is 0 Å². The fraction of sp³-hybridized carbons (Fsp3) is 0.500. The maximum Gasteiger partial charge on any atom is 0.244 e. The third kappa shape index (κ3) is 5.90. The zero-order valence-corrected chi connectivity index (χ0v) is 13.2. The molecule has 1 atom stereocenters. The molecule has 0 radical (unpaired) electrons. The van der Waals surface area contributed by atoms with Crippen molar-refractivity contribution in [2.45, 2.75) is 38.7 Å². The van der Waals surface area contributed by atoms with Gasteiger partial charge < -0.3 is 14.8 Å². The smallest absolute Gasteiger partial charge is 0.244 e. The first-order chi connectivity index (χ1) is 10.8. The van der Waals surface area contributed by atoms with Crippen LogP contribution in [-0.2, 0) is 9.53 Å². The van der Waals surface area contributed by atoms with E-state index in [-0.39, 0.29) is 12.0 Å². The summed E-state index contributed by atoms with van der Waals surface area (Å²) in [5, 5.41) is 2.87. The lowest BCUT2D eigenvalue weighted by atomic mass is 10.2. The summed E-state index contributed by atoms with van der Waals surface area (Å²) in [5.74, 6) is 0.784. The molecule has 0 aromatic heterocycles. The Balaban J connectivity index is 1.73. The second kappa shape index (κ2) is 9.26. The number of nitrogens with one attached hydrogen (secondary N) is 1. The van der Waals surface area contributed by atoms with E-state index in [9.17, 15) is 4.79 Å². The van der Waals surface area contributed by atoms with Gasteiger partial charge in [0.05, 0.1) is 12.7 Å². The van der Waals surface area contributed by atoms with Gasteiger partial charge >= 0.3 is 0 Å². The van der Waals surface area contributed by atoms with Gasteiger partial charge in [-0.1, -0.05) is 25.5 Å². The SMILES string of the molecule is CCCCOc1ccc(/C=C/C(=O)NC[C@H]2CCCO2)cc1. The highest BCUT2D eigenvalue weighted by atomic mass is 16.5. The maximum atomic E-state index is 11.7. The zero-order chi connectivity index (χ0) is 15.6. The van der Waals surface area contributed by atoms with Crippen LogP contribution in [0.2, 0.25) is 0 Å². The van der Waals surface area contributed by atoms with Crippen LogP contribution in [-0.4, -0.2) is 31.8 Å². The van der Waals surface area contributed by atoms with Crippen LogP contribution in [0.4, 0.5) is 0 Å². The molecule has 4 nitrogen and oxygen atoms in total. The quantitative estimate of drug-likeness (QED) is 0.593. The molecule has 2 rings (SSSR count). The molecule has 1 aliphatic heterocycles. The van der Waals surface area contributed by atoms with Crippen molar-refractivity contribution < 1.29 is 14.3 Å². The van der Waals surface area contributed by atoms with Crippen molar-refractivity contribution in [2.75, 3.05) is 19.8 Å². The Kier molecular flexibility index (Phi) is 6.97. The molecule has 1 amide bonds. The Morgan fingerprint density at radius 3 is 2.91 bits per heavy atom. The van der Waals surface area contributed by atoms with Crippen molar-refractivity contribution in [3.63, 3.8) is 0 Å². The Morgan fingerprint density at radius 2 is 2.23 bits per heavy atom. The Hall–Kier alpha value is -1.81. The van der Waals surface area contributed by atoms with Crippen molar-refractivity contribution in [3.8, 4) is 5.75 Å². The fourth-order valence-electron chi connectivity index (χ4n) is 2.26. The number of carbonyl (C=O) groups is 1. The molecule has 1 aliphatic rings. The van der Waals surface area contributed by atoms with E-state index < -0.39 is 0 Å². The predicted octanol–water partition coefficient (Wildman–Crippen LogP) is 3.17. The summed E-state index contributed by atoms with van der Waals surface area (Å²) in [6.45, 7) is 4.29.